The molecule has 1 aliphatic rings. The third-order valence-electron chi connectivity index (χ3n) is 0.804. The van der Waals surface area contributed by atoms with Crippen LogP contribution in [0.5, 0.6) is 0 Å². The van der Waals surface area contributed by atoms with Gasteiger partial charge >= 0.3 is 0 Å². The highest BCUT2D eigenvalue weighted by atomic mass is 17.4. The van der Waals surface area contributed by atoms with Crippen molar-refractivity contribution in [1.29, 1.82) is 0 Å². The summed E-state index contributed by atoms with van der Waals surface area (Å²) in [7, 11) is 0. The van der Waals surface area contributed by atoms with Crippen molar-refractivity contribution < 1.29 is 14.6 Å². The lowest BCUT2D eigenvalue weighted by Crippen LogP contribution is -2.02. The minimum absolute atomic E-state index is 0.0139. The Balaban J connectivity index is 2.24. The van der Waals surface area contributed by atoms with E-state index in [2.05, 4.69) is 9.78 Å². The molecule has 0 amide bonds. The van der Waals surface area contributed by atoms with E-state index >= 15 is 0 Å². The molecule has 0 aromatic carbocycles. The normalized spacial score (nSPS) is 19.6. The molecule has 3 heteroatoms. The van der Waals surface area contributed by atoms with Crippen LogP contribution in [0.3, 0.4) is 0 Å². The van der Waals surface area contributed by atoms with Crippen LogP contribution in [0.2, 0.25) is 0 Å². The minimum Gasteiger partial charge on any atom is -0.294 e. The highest BCUT2D eigenvalue weighted by molar-refractivity contribution is 5.82. The van der Waals surface area contributed by atoms with Crippen LogP contribution < -0.4 is 0 Å². The Morgan fingerprint density at radius 3 is 2.43 bits per heavy atom. The Kier molecular flexibility index (Phi) is 1.08. The lowest BCUT2D eigenvalue weighted by Gasteiger charge is -1.77. The Morgan fingerprint density at radius 2 is 2.29 bits per heavy atom. The maximum Gasteiger partial charge on any atom is 0.281 e. The third kappa shape index (κ3) is 0.976. The van der Waals surface area contributed by atoms with Gasteiger partial charge in [-0.25, -0.2) is 0 Å². The Labute approximate surface area is 41.1 Å². The largest absolute Gasteiger partial charge is 0.294 e. The first kappa shape index (κ1) is 4.74. The van der Waals surface area contributed by atoms with Crippen LogP contribution in [-0.4, -0.2) is 12.1 Å². The van der Waals surface area contributed by atoms with Crippen molar-refractivity contribution in [3.63, 3.8) is 0 Å². The van der Waals surface area contributed by atoms with E-state index in [4.69, 9.17) is 0 Å². The molecular formula is C4H6O3. The predicted molar refractivity (Wildman–Crippen MR) is 21.3 cm³/mol. The van der Waals surface area contributed by atoms with Gasteiger partial charge in [-0.3, -0.25) is 4.79 Å². The summed E-state index contributed by atoms with van der Waals surface area (Å²) in [6.07, 6.45) is -0.0324. The molecule has 0 N–H and O–H groups in total. The van der Waals surface area contributed by atoms with Gasteiger partial charge in [-0.1, -0.05) is 6.92 Å². The van der Waals surface area contributed by atoms with Gasteiger partial charge in [-0.2, -0.15) is 9.78 Å². The van der Waals surface area contributed by atoms with Crippen molar-refractivity contribution in [1.82, 2.24) is 0 Å². The van der Waals surface area contributed by atoms with Crippen LogP contribution in [0, 0.1) is 0 Å². The first-order valence-electron chi connectivity index (χ1n) is 2.19. The number of rotatable bonds is 2. The van der Waals surface area contributed by atoms with E-state index in [9.17, 15) is 4.79 Å². The summed E-state index contributed by atoms with van der Waals surface area (Å²) in [5.74, 6) is 0.0139. The number of carbonyl (C=O) groups excluding carboxylic acids is 1. The van der Waals surface area contributed by atoms with Gasteiger partial charge in [0.2, 0.25) is 0 Å². The number of hydrogen-bond acceptors (Lipinski definition) is 3. The molecule has 0 aliphatic carbocycles. The summed E-state index contributed by atoms with van der Waals surface area (Å²) in [5.41, 5.74) is 0. The molecule has 1 saturated heterocycles. The van der Waals surface area contributed by atoms with Crippen LogP contribution >= 0.6 is 0 Å². The fraction of sp³-hybridized carbons (Fsp3) is 0.750. The van der Waals surface area contributed by atoms with Crippen LogP contribution in [0.1, 0.15) is 13.3 Å². The molecule has 1 rings (SSSR count). The van der Waals surface area contributed by atoms with E-state index in [1.165, 1.54) is 0 Å². The second-order valence-corrected chi connectivity index (χ2v) is 1.34. The first-order valence-corrected chi connectivity index (χ1v) is 2.19. The van der Waals surface area contributed by atoms with E-state index < -0.39 is 6.29 Å². The number of carbonyl (C=O) groups is 1. The molecule has 40 valence electrons. The highest BCUT2D eigenvalue weighted by Crippen LogP contribution is 2.13. The predicted octanol–water partition coefficient (Wildman–Crippen LogP) is 0.253. The Morgan fingerprint density at radius 1 is 1.71 bits per heavy atom. The van der Waals surface area contributed by atoms with Gasteiger partial charge in [0.15, 0.2) is 5.78 Å². The van der Waals surface area contributed by atoms with Gasteiger partial charge in [0.05, 0.1) is 0 Å². The van der Waals surface area contributed by atoms with Gasteiger partial charge in [-0.15, -0.1) is 0 Å². The summed E-state index contributed by atoms with van der Waals surface area (Å²) in [5, 5.41) is 0. The smallest absolute Gasteiger partial charge is 0.281 e. The summed E-state index contributed by atoms with van der Waals surface area (Å²) < 4.78 is 0. The van der Waals surface area contributed by atoms with E-state index in [1.54, 1.807) is 6.92 Å². The summed E-state index contributed by atoms with van der Waals surface area (Å²) in [6.45, 7) is 1.77. The lowest BCUT2D eigenvalue weighted by atomic mass is 10.3. The number of Topliss-reactive ketones (excluding diaryl/α,β-unsaturated/α-hetero) is 1. The van der Waals surface area contributed by atoms with E-state index in [1.807, 2.05) is 0 Å². The maximum atomic E-state index is 10.3. The van der Waals surface area contributed by atoms with Gasteiger partial charge < -0.3 is 0 Å². The quantitative estimate of drug-likeness (QED) is 0.371. The molecule has 3 nitrogen and oxygen atoms in total. The third-order valence-corrected chi connectivity index (χ3v) is 0.804. The van der Waals surface area contributed by atoms with E-state index in [-0.39, 0.29) is 5.78 Å². The maximum absolute atomic E-state index is 10.3. The molecule has 1 heterocycles. The average molecular weight is 102 g/mol. The molecule has 0 aromatic rings. The fourth-order valence-electron chi connectivity index (χ4n) is 0.302. The minimum atomic E-state index is -0.523. The molecule has 7 heavy (non-hydrogen) atoms. The molecule has 1 aliphatic heterocycles. The van der Waals surface area contributed by atoms with Crippen molar-refractivity contribution in [2.45, 2.75) is 19.6 Å². The standard InChI is InChI=1S/C4H6O3/c1-2-3(5)4-6-7-4/h4H,2H2,1H3. The Bertz CT molecular complexity index is 84.9. The summed E-state index contributed by atoms with van der Waals surface area (Å²) in [4.78, 5) is 18.7. The number of hydrogen-bond donors (Lipinski definition) is 0. The molecule has 0 bridgehead atoms. The van der Waals surface area contributed by atoms with Gasteiger partial charge in [0, 0.05) is 6.42 Å². The zero-order valence-electron chi connectivity index (χ0n) is 4.01. The second kappa shape index (κ2) is 1.60. The molecule has 0 atom stereocenters. The highest BCUT2D eigenvalue weighted by Gasteiger charge is 2.32. The van der Waals surface area contributed by atoms with Gasteiger partial charge in [0.1, 0.15) is 0 Å². The average Bonchev–Trinajstić information content (AvgIpc) is 2.44. The van der Waals surface area contributed by atoms with Crippen molar-refractivity contribution >= 4 is 5.78 Å². The molecule has 0 spiro atoms. The molecule has 0 aromatic heterocycles. The van der Waals surface area contributed by atoms with Crippen molar-refractivity contribution in [2.24, 2.45) is 0 Å². The summed E-state index contributed by atoms with van der Waals surface area (Å²) in [6, 6.07) is 0. The molecule has 0 saturated carbocycles. The zero-order chi connectivity index (χ0) is 5.28. The lowest BCUT2D eigenvalue weighted by molar-refractivity contribution is -0.120. The van der Waals surface area contributed by atoms with Crippen LogP contribution in [0.25, 0.3) is 0 Å². The second-order valence-electron chi connectivity index (χ2n) is 1.34. The Hall–Kier alpha value is -0.410. The van der Waals surface area contributed by atoms with Crippen molar-refractivity contribution in [3.8, 4) is 0 Å². The zero-order valence-corrected chi connectivity index (χ0v) is 4.01. The van der Waals surface area contributed by atoms with Crippen LogP contribution in [0.4, 0.5) is 0 Å². The van der Waals surface area contributed by atoms with E-state index in [0.29, 0.717) is 6.42 Å². The van der Waals surface area contributed by atoms with Crippen molar-refractivity contribution in [3.05, 3.63) is 0 Å². The van der Waals surface area contributed by atoms with Gasteiger partial charge in [-0.05, 0) is 0 Å². The van der Waals surface area contributed by atoms with E-state index in [0.717, 1.165) is 0 Å². The van der Waals surface area contributed by atoms with Crippen LogP contribution in [-0.2, 0) is 14.6 Å². The van der Waals surface area contributed by atoms with Gasteiger partial charge in [0.25, 0.3) is 6.29 Å². The van der Waals surface area contributed by atoms with Crippen molar-refractivity contribution in [2.75, 3.05) is 0 Å². The SMILES string of the molecule is CCC(=O)C1OO1. The van der Waals surface area contributed by atoms with Crippen LogP contribution in [0.15, 0.2) is 0 Å². The topological polar surface area (TPSA) is 42.1 Å². The molecule has 1 fully saturated rings. The molecular weight excluding hydrogens is 96.0 g/mol. The first-order chi connectivity index (χ1) is 3.34. The molecule has 0 unspecified atom stereocenters. The summed E-state index contributed by atoms with van der Waals surface area (Å²) >= 11 is 0. The molecule has 0 radical (unpaired) electrons. The monoisotopic (exact) mass is 102 g/mol. The number of ketones is 1. The fourth-order valence-corrected chi connectivity index (χ4v) is 0.302.